The molecule has 0 aliphatic rings. The monoisotopic (exact) mass is 680 g/mol. The van der Waals surface area contributed by atoms with Crippen LogP contribution in [0, 0.1) is 55.4 Å². The van der Waals surface area contributed by atoms with E-state index in [1.807, 2.05) is 116 Å². The molecule has 4 aromatic rings. The van der Waals surface area contributed by atoms with Crippen molar-refractivity contribution in [1.29, 1.82) is 0 Å². The van der Waals surface area contributed by atoms with Gasteiger partial charge in [-0.15, -0.1) is 0 Å². The van der Waals surface area contributed by atoms with Crippen LogP contribution in [0.4, 0.5) is 11.4 Å². The van der Waals surface area contributed by atoms with Gasteiger partial charge in [-0.25, -0.2) is 0 Å². The van der Waals surface area contributed by atoms with Crippen LogP contribution in [0.3, 0.4) is 0 Å². The Hall–Kier alpha value is -3.38. The number of hydrogen-bond acceptors (Lipinski definition) is 4. The number of nitrogens with zero attached hydrogens (tertiary/aromatic N) is 4. The first-order valence-electron chi connectivity index (χ1n) is 14.6. The van der Waals surface area contributed by atoms with E-state index in [-0.39, 0.29) is 38.0 Å². The van der Waals surface area contributed by atoms with Gasteiger partial charge in [0.25, 0.3) is 0 Å². The van der Waals surface area contributed by atoms with Gasteiger partial charge in [-0.1, -0.05) is 59.7 Å². The Morgan fingerprint density at radius 1 is 0.489 bits per heavy atom. The molecule has 0 spiro atoms. The van der Waals surface area contributed by atoms with E-state index < -0.39 is 0 Å². The summed E-state index contributed by atoms with van der Waals surface area (Å²) in [6.45, 7) is 15.8. The van der Waals surface area contributed by atoms with Crippen LogP contribution < -0.4 is 10.2 Å². The summed E-state index contributed by atoms with van der Waals surface area (Å²) in [6.07, 6.45) is 0. The van der Waals surface area contributed by atoms with Gasteiger partial charge in [0.1, 0.15) is 0 Å². The zero-order valence-electron chi connectivity index (χ0n) is 28.9. The van der Waals surface area contributed by atoms with Crippen molar-refractivity contribution in [3.05, 3.63) is 127 Å². The second-order valence-electron chi connectivity index (χ2n) is 11.2. The number of benzene rings is 4. The van der Waals surface area contributed by atoms with Crippen LogP contribution in [0.15, 0.2) is 70.6 Å². The fourth-order valence-electron chi connectivity index (χ4n) is 5.51. The van der Waals surface area contributed by atoms with E-state index in [1.54, 1.807) is 28.2 Å². The van der Waals surface area contributed by atoms with E-state index in [1.165, 1.54) is 0 Å². The van der Waals surface area contributed by atoms with Gasteiger partial charge in [0.15, 0.2) is 0 Å². The van der Waals surface area contributed by atoms with Gasteiger partial charge in [0, 0.05) is 11.1 Å². The van der Waals surface area contributed by atoms with Gasteiger partial charge in [-0.2, -0.15) is 28.2 Å². The quantitative estimate of drug-likeness (QED) is 0.158. The van der Waals surface area contributed by atoms with E-state index in [4.69, 9.17) is 0 Å². The summed E-state index contributed by atoms with van der Waals surface area (Å²) in [7, 11) is 7.00. The fraction of sp³-hybridized carbons (Fsp3) is 0.316. The normalized spacial score (nSPS) is 11.1. The van der Waals surface area contributed by atoms with E-state index in [9.17, 15) is 10.2 Å². The molecule has 0 N–H and O–H groups in total. The van der Waals surface area contributed by atoms with E-state index in [2.05, 4.69) is 20.6 Å². The molecule has 0 fully saturated rings. The number of hydrogen-bond donors (Lipinski definition) is 0. The van der Waals surface area contributed by atoms with Crippen LogP contribution in [0.2, 0.25) is 0 Å². The molecule has 0 saturated heterocycles. The molecule has 45 heavy (non-hydrogen) atoms. The van der Waals surface area contributed by atoms with Crippen molar-refractivity contribution in [1.82, 2.24) is 0 Å². The first-order valence-corrected chi connectivity index (χ1v) is 14.6. The number of aryl methyl sites for hydroxylation is 8. The van der Waals surface area contributed by atoms with E-state index >= 15 is 0 Å². The summed E-state index contributed by atoms with van der Waals surface area (Å²) in [5, 5.41) is 33.9. The average molecular weight is 682 g/mol. The maximum Gasteiger partial charge on any atom is 4.00 e. The van der Waals surface area contributed by atoms with Crippen molar-refractivity contribution in [3.63, 3.8) is 0 Å². The Kier molecular flexibility index (Phi) is 16.4. The van der Waals surface area contributed by atoms with Crippen LogP contribution in [0.25, 0.3) is 21.8 Å². The zero-order valence-corrected chi connectivity index (χ0v) is 31.3. The first kappa shape index (κ1) is 39.6. The third-order valence-electron chi connectivity index (χ3n) is 6.98. The summed E-state index contributed by atoms with van der Waals surface area (Å²) in [6, 6.07) is 19.5. The molecule has 0 aliphatic carbocycles. The molecular formula is C38H46N4O2Zr. The van der Waals surface area contributed by atoms with Crippen molar-refractivity contribution < 1.29 is 36.4 Å². The SMILES string of the molecule is C[N-]C.C[N-]C.Cc1cc(C)c(C([O-])=Nc2cccc(C)c2-c2c(C)cccc2N=C([O-])c2c(C)cc(C)cc2C)c(C)c1.[Zr+4]. The van der Waals surface area contributed by atoms with Gasteiger partial charge in [-0.05, 0) is 124 Å². The summed E-state index contributed by atoms with van der Waals surface area (Å²) >= 11 is 0. The Morgan fingerprint density at radius 2 is 0.756 bits per heavy atom. The zero-order chi connectivity index (χ0) is 33.1. The Balaban J connectivity index is 0.00000134. The Morgan fingerprint density at radius 3 is 1.02 bits per heavy atom. The van der Waals surface area contributed by atoms with Crippen molar-refractivity contribution >= 4 is 23.2 Å². The molecule has 0 aliphatic heterocycles. The molecule has 0 amide bonds. The molecule has 7 heteroatoms. The van der Waals surface area contributed by atoms with Crippen molar-refractivity contribution in [3.8, 4) is 11.1 Å². The molecule has 0 atom stereocenters. The minimum atomic E-state index is -0.277. The van der Waals surface area contributed by atoms with Crippen LogP contribution in [0.5, 0.6) is 0 Å². The standard InChI is InChI=1S/C34H36N2O2.2C2H6N.Zr/c1-19-15-23(5)29(24(6)16-19)33(37)35-27-13-9-11-21(3)31(27)32-22(4)12-10-14-28(32)36-34(38)30-25(7)17-20(2)18-26(30)8;2*1-3-2;/h9-18H,1-8H3,(H,35,37)(H,36,38);2*1-2H3;/q;2*-1;+4/p-2. The van der Waals surface area contributed by atoms with Crippen LogP contribution in [0.1, 0.15) is 55.6 Å². The molecule has 0 unspecified atom stereocenters. The van der Waals surface area contributed by atoms with E-state index in [0.717, 1.165) is 55.6 Å². The van der Waals surface area contributed by atoms with Gasteiger partial charge in [-0.3, -0.25) is 9.98 Å². The average Bonchev–Trinajstić information content (AvgIpc) is 2.89. The molecule has 0 radical (unpaired) electrons. The van der Waals surface area contributed by atoms with Gasteiger partial charge < -0.3 is 20.8 Å². The maximum absolute atomic E-state index is 13.5. The van der Waals surface area contributed by atoms with Crippen LogP contribution >= 0.6 is 0 Å². The molecule has 0 saturated carbocycles. The molecule has 4 rings (SSSR count). The molecule has 234 valence electrons. The predicted molar refractivity (Wildman–Crippen MR) is 185 cm³/mol. The van der Waals surface area contributed by atoms with Gasteiger partial charge >= 0.3 is 26.2 Å². The Bertz CT molecular complexity index is 1490. The van der Waals surface area contributed by atoms with Crippen molar-refractivity contribution in [2.45, 2.75) is 55.4 Å². The molecule has 6 nitrogen and oxygen atoms in total. The van der Waals surface area contributed by atoms with Crippen LogP contribution in [-0.2, 0) is 26.2 Å². The Labute approximate surface area is 289 Å². The maximum atomic E-state index is 13.5. The third kappa shape index (κ3) is 10.3. The first-order chi connectivity index (χ1) is 20.8. The summed E-state index contributed by atoms with van der Waals surface area (Å²) in [4.78, 5) is 9.22. The van der Waals surface area contributed by atoms with Gasteiger partial charge in [0.05, 0.1) is 11.4 Å². The topological polar surface area (TPSA) is 99.0 Å². The van der Waals surface area contributed by atoms with E-state index in [0.29, 0.717) is 22.5 Å². The smallest absolute Gasteiger partial charge is 0.858 e. The molecular weight excluding hydrogens is 636 g/mol. The largest absolute Gasteiger partial charge is 4.00 e. The second-order valence-corrected chi connectivity index (χ2v) is 11.2. The van der Waals surface area contributed by atoms with Crippen molar-refractivity contribution in [2.24, 2.45) is 9.98 Å². The molecule has 0 aromatic heterocycles. The minimum Gasteiger partial charge on any atom is -0.858 e. The predicted octanol–water partition coefficient (Wildman–Crippen LogP) is 7.94. The summed E-state index contributed by atoms with van der Waals surface area (Å²) < 4.78 is 0. The molecule has 0 heterocycles. The molecule has 4 aromatic carbocycles. The number of rotatable bonds is 5. The van der Waals surface area contributed by atoms with Gasteiger partial charge in [0.2, 0.25) is 0 Å². The number of aliphatic imine (C=N–C) groups is 2. The van der Waals surface area contributed by atoms with Crippen molar-refractivity contribution in [2.75, 3.05) is 28.2 Å². The minimum absolute atomic E-state index is 0. The third-order valence-corrected chi connectivity index (χ3v) is 6.98. The van der Waals surface area contributed by atoms with Crippen LogP contribution in [-0.4, -0.2) is 40.0 Å². The summed E-state index contributed by atoms with van der Waals surface area (Å²) in [5.41, 5.74) is 11.8. The molecule has 0 bridgehead atoms. The fourth-order valence-corrected chi connectivity index (χ4v) is 5.51. The second kappa shape index (κ2) is 18.6. The summed E-state index contributed by atoms with van der Waals surface area (Å²) in [5.74, 6) is -0.554.